The fourth-order valence-corrected chi connectivity index (χ4v) is 2.53. The van der Waals surface area contributed by atoms with Gasteiger partial charge < -0.3 is 9.64 Å². The van der Waals surface area contributed by atoms with Gasteiger partial charge in [0.2, 0.25) is 5.91 Å². The molecule has 0 N–H and O–H groups in total. The van der Waals surface area contributed by atoms with Crippen LogP contribution in [0.4, 0.5) is 13.2 Å². The highest BCUT2D eigenvalue weighted by Gasteiger charge is 2.34. The Balaban J connectivity index is 2.21. The molecule has 1 aromatic carbocycles. The van der Waals surface area contributed by atoms with E-state index in [2.05, 4.69) is 0 Å². The molecule has 1 aliphatic rings. The summed E-state index contributed by atoms with van der Waals surface area (Å²) in [6.45, 7) is 3.85. The van der Waals surface area contributed by atoms with Gasteiger partial charge in [-0.05, 0) is 31.5 Å². The Morgan fingerprint density at radius 1 is 1.45 bits per heavy atom. The number of alkyl halides is 4. The van der Waals surface area contributed by atoms with Gasteiger partial charge in [0.1, 0.15) is 11.5 Å². The lowest BCUT2D eigenvalue weighted by Crippen LogP contribution is -2.50. The van der Waals surface area contributed by atoms with E-state index >= 15 is 0 Å². The molecule has 122 valence electrons. The molecular formula is C15H17ClF3NO2. The van der Waals surface area contributed by atoms with E-state index in [0.717, 1.165) is 12.1 Å². The van der Waals surface area contributed by atoms with E-state index in [1.165, 1.54) is 6.07 Å². The minimum Gasteiger partial charge on any atom is -0.370 e. The zero-order valence-electron chi connectivity index (χ0n) is 12.2. The van der Waals surface area contributed by atoms with Crippen molar-refractivity contribution in [1.29, 1.82) is 0 Å². The van der Waals surface area contributed by atoms with Crippen LogP contribution in [0.3, 0.4) is 0 Å². The lowest BCUT2D eigenvalue weighted by molar-refractivity contribution is -0.144. The molecule has 0 aromatic heterocycles. The number of carbonyl (C=O) groups excluding carboxylic acids is 1. The molecule has 22 heavy (non-hydrogen) atoms. The van der Waals surface area contributed by atoms with Gasteiger partial charge in [0.15, 0.2) is 0 Å². The molecule has 7 heteroatoms. The zero-order chi connectivity index (χ0) is 16.5. The van der Waals surface area contributed by atoms with Gasteiger partial charge in [-0.2, -0.15) is 13.2 Å². The van der Waals surface area contributed by atoms with Crippen LogP contribution < -0.4 is 0 Å². The number of carbonyl (C=O) groups is 1. The summed E-state index contributed by atoms with van der Waals surface area (Å²) in [6.07, 6.45) is -4.99. The number of ether oxygens (including phenoxy) is 1. The third kappa shape index (κ3) is 3.73. The molecule has 3 nitrogen and oxygen atoms in total. The number of nitrogens with zero attached hydrogens (tertiary/aromatic N) is 1. The molecular weight excluding hydrogens is 319 g/mol. The minimum absolute atomic E-state index is 0.157. The van der Waals surface area contributed by atoms with Gasteiger partial charge in [-0.3, -0.25) is 4.79 Å². The maximum Gasteiger partial charge on any atom is 0.416 e. The van der Waals surface area contributed by atoms with Crippen LogP contribution in [0.15, 0.2) is 24.3 Å². The molecule has 1 aliphatic heterocycles. The van der Waals surface area contributed by atoms with Crippen LogP contribution in [0, 0.1) is 0 Å². The van der Waals surface area contributed by atoms with Gasteiger partial charge in [0, 0.05) is 0 Å². The van der Waals surface area contributed by atoms with E-state index in [0.29, 0.717) is 5.56 Å². The number of amides is 1. The fourth-order valence-electron chi connectivity index (χ4n) is 2.41. The van der Waals surface area contributed by atoms with Crippen LogP contribution in [0.5, 0.6) is 0 Å². The van der Waals surface area contributed by atoms with Crippen molar-refractivity contribution in [3.8, 4) is 0 Å². The second kappa shape index (κ2) is 6.46. The van der Waals surface area contributed by atoms with Gasteiger partial charge in [-0.25, -0.2) is 0 Å². The summed E-state index contributed by atoms with van der Waals surface area (Å²) in [5.41, 5.74) is -0.322. The number of morpholine rings is 1. The van der Waals surface area contributed by atoms with E-state index in [1.807, 2.05) is 6.92 Å². The van der Waals surface area contributed by atoms with Crippen molar-refractivity contribution in [2.45, 2.75) is 37.5 Å². The number of benzene rings is 1. The maximum absolute atomic E-state index is 12.8. The van der Waals surface area contributed by atoms with Crippen LogP contribution in [0.1, 0.15) is 31.1 Å². The van der Waals surface area contributed by atoms with Crippen LogP contribution in [-0.2, 0) is 15.7 Å². The van der Waals surface area contributed by atoms with Crippen molar-refractivity contribution >= 4 is 17.5 Å². The first-order valence-corrected chi connectivity index (χ1v) is 7.37. The minimum atomic E-state index is -4.40. The molecule has 0 radical (unpaired) electrons. The highest BCUT2D eigenvalue weighted by molar-refractivity contribution is 6.30. The maximum atomic E-state index is 12.8. The third-order valence-electron chi connectivity index (χ3n) is 3.64. The molecule has 3 unspecified atom stereocenters. The quantitative estimate of drug-likeness (QED) is 0.773. The largest absolute Gasteiger partial charge is 0.416 e. The molecule has 0 spiro atoms. The van der Waals surface area contributed by atoms with E-state index < -0.39 is 23.2 Å². The number of halogens is 4. The van der Waals surface area contributed by atoms with Crippen molar-refractivity contribution in [2.75, 3.05) is 13.2 Å². The molecule has 0 saturated carbocycles. The van der Waals surface area contributed by atoms with Gasteiger partial charge >= 0.3 is 6.18 Å². The topological polar surface area (TPSA) is 29.5 Å². The van der Waals surface area contributed by atoms with Crippen LogP contribution >= 0.6 is 11.6 Å². The molecule has 0 aliphatic carbocycles. The SMILES string of the molecule is CC(Cl)C(=O)N1CC(c2cccc(C(F)(F)F)c2)OCC1C. The Labute approximate surface area is 132 Å². The fraction of sp³-hybridized carbons (Fsp3) is 0.533. The molecule has 1 aromatic rings. The molecule has 0 bridgehead atoms. The molecule has 1 heterocycles. The monoisotopic (exact) mass is 335 g/mol. The number of hydrogen-bond acceptors (Lipinski definition) is 2. The van der Waals surface area contributed by atoms with Gasteiger partial charge in [0.25, 0.3) is 0 Å². The van der Waals surface area contributed by atoms with Gasteiger partial charge in [-0.15, -0.1) is 11.6 Å². The smallest absolute Gasteiger partial charge is 0.370 e. The van der Waals surface area contributed by atoms with Crippen LogP contribution in [-0.4, -0.2) is 35.4 Å². The van der Waals surface area contributed by atoms with Crippen molar-refractivity contribution in [1.82, 2.24) is 4.90 Å². The van der Waals surface area contributed by atoms with Crippen molar-refractivity contribution in [2.24, 2.45) is 0 Å². The normalized spacial score (nSPS) is 24.2. The predicted molar refractivity (Wildman–Crippen MR) is 76.6 cm³/mol. The summed E-state index contributed by atoms with van der Waals surface area (Å²) in [4.78, 5) is 13.6. The number of hydrogen-bond donors (Lipinski definition) is 0. The molecule has 1 amide bonds. The lowest BCUT2D eigenvalue weighted by atomic mass is 10.0. The second-order valence-corrected chi connectivity index (χ2v) is 6.06. The summed E-state index contributed by atoms with van der Waals surface area (Å²) in [7, 11) is 0. The van der Waals surface area contributed by atoms with Gasteiger partial charge in [0.05, 0.1) is 24.8 Å². The van der Waals surface area contributed by atoms with E-state index in [9.17, 15) is 18.0 Å². The first-order chi connectivity index (χ1) is 10.2. The molecule has 1 saturated heterocycles. The molecule has 1 fully saturated rings. The predicted octanol–water partition coefficient (Wildman–Crippen LogP) is 3.62. The highest BCUT2D eigenvalue weighted by Crippen LogP contribution is 2.33. The van der Waals surface area contributed by atoms with E-state index in [1.54, 1.807) is 17.9 Å². The lowest BCUT2D eigenvalue weighted by Gasteiger charge is -2.39. The zero-order valence-corrected chi connectivity index (χ0v) is 13.0. The third-order valence-corrected chi connectivity index (χ3v) is 3.83. The Kier molecular flexibility index (Phi) is 5.02. The van der Waals surface area contributed by atoms with Crippen LogP contribution in [0.25, 0.3) is 0 Å². The van der Waals surface area contributed by atoms with Crippen molar-refractivity contribution in [3.63, 3.8) is 0 Å². The first-order valence-electron chi connectivity index (χ1n) is 6.93. The van der Waals surface area contributed by atoms with E-state index in [4.69, 9.17) is 16.3 Å². The van der Waals surface area contributed by atoms with Crippen molar-refractivity contribution in [3.05, 3.63) is 35.4 Å². The standard InChI is InChI=1S/C15H17ClF3NO2/c1-9-8-22-13(7-20(9)14(21)10(2)16)11-4-3-5-12(6-11)15(17,18)19/h3-6,9-10,13H,7-8H2,1-2H3. The van der Waals surface area contributed by atoms with Crippen LogP contribution in [0.2, 0.25) is 0 Å². The molecule has 2 rings (SSSR count). The second-order valence-electron chi connectivity index (χ2n) is 5.40. The Morgan fingerprint density at radius 3 is 2.73 bits per heavy atom. The summed E-state index contributed by atoms with van der Waals surface area (Å²) in [5.74, 6) is -0.241. The summed E-state index contributed by atoms with van der Waals surface area (Å²) in [6, 6.07) is 4.83. The van der Waals surface area contributed by atoms with Gasteiger partial charge in [-0.1, -0.05) is 12.1 Å². The Hall–Kier alpha value is -1.27. The first kappa shape index (κ1) is 17.1. The highest BCUT2D eigenvalue weighted by atomic mass is 35.5. The Morgan fingerprint density at radius 2 is 2.14 bits per heavy atom. The average Bonchev–Trinajstić information content (AvgIpc) is 2.46. The average molecular weight is 336 g/mol. The molecule has 3 atom stereocenters. The summed E-state index contributed by atoms with van der Waals surface area (Å²) < 4.78 is 44.0. The summed E-state index contributed by atoms with van der Waals surface area (Å²) in [5, 5.41) is -0.678. The van der Waals surface area contributed by atoms with E-state index in [-0.39, 0.29) is 25.1 Å². The Bertz CT molecular complexity index is 548. The van der Waals surface area contributed by atoms with Crippen molar-refractivity contribution < 1.29 is 22.7 Å². The summed E-state index contributed by atoms with van der Waals surface area (Å²) >= 11 is 5.82. The number of rotatable bonds is 2.